The van der Waals surface area contributed by atoms with Crippen LogP contribution in [0.4, 0.5) is 0 Å². The first-order valence-corrected chi connectivity index (χ1v) is 6.55. The van der Waals surface area contributed by atoms with Crippen LogP contribution in [-0.2, 0) is 6.54 Å². The van der Waals surface area contributed by atoms with Crippen LogP contribution in [0, 0.1) is 0 Å². The highest BCUT2D eigenvalue weighted by atomic mass is 16.5. The lowest BCUT2D eigenvalue weighted by atomic mass is 10.1. The molecule has 1 fully saturated rings. The minimum Gasteiger partial charge on any atom is -0.481 e. The average Bonchev–Trinajstić information content (AvgIpc) is 2.51. The van der Waals surface area contributed by atoms with E-state index in [1.807, 2.05) is 12.3 Å². The number of hydrogen-bond acceptors (Lipinski definition) is 4. The number of rotatable bonds is 3. The molecule has 0 atom stereocenters. The molecule has 0 amide bonds. The van der Waals surface area contributed by atoms with Gasteiger partial charge in [-0.25, -0.2) is 4.98 Å². The third-order valence-corrected chi connectivity index (χ3v) is 3.29. The molecule has 0 radical (unpaired) electrons. The molecule has 0 unspecified atom stereocenters. The predicted octanol–water partition coefficient (Wildman–Crippen LogP) is 1.66. The van der Waals surface area contributed by atoms with E-state index in [2.05, 4.69) is 35.1 Å². The van der Waals surface area contributed by atoms with Crippen LogP contribution in [0.3, 0.4) is 0 Å². The van der Waals surface area contributed by atoms with Crippen LogP contribution in [-0.4, -0.2) is 42.2 Å². The minimum absolute atomic E-state index is 0.191. The van der Waals surface area contributed by atoms with Crippen molar-refractivity contribution in [2.75, 3.05) is 26.7 Å². The maximum Gasteiger partial charge on any atom is 0.212 e. The molecule has 0 bridgehead atoms. The van der Waals surface area contributed by atoms with Gasteiger partial charge in [-0.1, -0.05) is 6.07 Å². The predicted molar refractivity (Wildman–Crippen MR) is 72.8 cm³/mol. The van der Waals surface area contributed by atoms with Crippen molar-refractivity contribution in [3.63, 3.8) is 0 Å². The second kappa shape index (κ2) is 5.67. The molecule has 2 heterocycles. The van der Waals surface area contributed by atoms with Crippen molar-refractivity contribution in [2.24, 2.45) is 0 Å². The third kappa shape index (κ3) is 3.68. The van der Waals surface area contributed by atoms with Crippen LogP contribution in [0.1, 0.15) is 25.8 Å². The largest absolute Gasteiger partial charge is 0.481 e. The van der Waals surface area contributed by atoms with Gasteiger partial charge < -0.3 is 10.1 Å². The molecular weight excluding hydrogens is 226 g/mol. The van der Waals surface area contributed by atoms with E-state index in [0.29, 0.717) is 5.88 Å². The molecule has 0 aromatic carbocycles. The lowest BCUT2D eigenvalue weighted by Gasteiger charge is -2.29. The fourth-order valence-electron chi connectivity index (χ4n) is 2.44. The van der Waals surface area contributed by atoms with E-state index >= 15 is 0 Å². The van der Waals surface area contributed by atoms with Crippen LogP contribution >= 0.6 is 0 Å². The van der Waals surface area contributed by atoms with Crippen LogP contribution in [0.15, 0.2) is 18.3 Å². The Labute approximate surface area is 109 Å². The highest BCUT2D eigenvalue weighted by Gasteiger charge is 2.23. The molecule has 0 aliphatic carbocycles. The van der Waals surface area contributed by atoms with Crippen molar-refractivity contribution in [1.82, 2.24) is 15.2 Å². The second-order valence-electron chi connectivity index (χ2n) is 5.58. The zero-order chi connectivity index (χ0) is 13.0. The molecule has 0 spiro atoms. The molecule has 1 saturated heterocycles. The summed E-state index contributed by atoms with van der Waals surface area (Å²) >= 11 is 0. The SMILES string of the molecule is COc1ccc(CN2CCCNC(C)(C)C2)cn1. The molecule has 18 heavy (non-hydrogen) atoms. The van der Waals surface area contributed by atoms with Crippen molar-refractivity contribution in [3.8, 4) is 5.88 Å². The van der Waals surface area contributed by atoms with Gasteiger partial charge >= 0.3 is 0 Å². The molecule has 0 saturated carbocycles. The van der Waals surface area contributed by atoms with Gasteiger partial charge in [0, 0.05) is 30.9 Å². The Morgan fingerprint density at radius 2 is 2.28 bits per heavy atom. The second-order valence-corrected chi connectivity index (χ2v) is 5.58. The fourth-order valence-corrected chi connectivity index (χ4v) is 2.44. The Bertz CT molecular complexity index is 375. The van der Waals surface area contributed by atoms with Crippen molar-refractivity contribution < 1.29 is 4.74 Å². The first-order chi connectivity index (χ1) is 8.59. The standard InChI is InChI=1S/C14H23N3O/c1-14(2)11-17(8-4-7-16-14)10-12-5-6-13(18-3)15-9-12/h5-6,9,16H,4,7-8,10-11H2,1-3H3. The Morgan fingerprint density at radius 1 is 1.44 bits per heavy atom. The normalized spacial score (nSPS) is 20.4. The van der Waals surface area contributed by atoms with Gasteiger partial charge in [-0.15, -0.1) is 0 Å². The van der Waals surface area contributed by atoms with Crippen LogP contribution in [0.25, 0.3) is 0 Å². The summed E-state index contributed by atoms with van der Waals surface area (Å²) < 4.78 is 5.08. The van der Waals surface area contributed by atoms with Crippen molar-refractivity contribution in [2.45, 2.75) is 32.4 Å². The van der Waals surface area contributed by atoms with Gasteiger partial charge in [-0.05, 0) is 38.9 Å². The Balaban J connectivity index is 1.98. The van der Waals surface area contributed by atoms with E-state index in [0.717, 1.165) is 26.2 Å². The molecule has 1 aliphatic rings. The van der Waals surface area contributed by atoms with Crippen molar-refractivity contribution >= 4 is 0 Å². The Kier molecular flexibility index (Phi) is 4.19. The zero-order valence-corrected chi connectivity index (χ0v) is 11.6. The molecule has 1 N–H and O–H groups in total. The van der Waals surface area contributed by atoms with Gasteiger partial charge in [0.15, 0.2) is 0 Å². The minimum atomic E-state index is 0.191. The van der Waals surface area contributed by atoms with E-state index in [4.69, 9.17) is 4.74 Å². The number of hydrogen-bond donors (Lipinski definition) is 1. The summed E-state index contributed by atoms with van der Waals surface area (Å²) in [6.45, 7) is 8.79. The number of pyridine rings is 1. The maximum absolute atomic E-state index is 5.08. The van der Waals surface area contributed by atoms with Crippen molar-refractivity contribution in [1.29, 1.82) is 0 Å². The van der Waals surface area contributed by atoms with Gasteiger partial charge in [0.05, 0.1) is 7.11 Å². The van der Waals surface area contributed by atoms with Gasteiger partial charge in [0.25, 0.3) is 0 Å². The first kappa shape index (κ1) is 13.3. The van der Waals surface area contributed by atoms with Gasteiger partial charge in [-0.2, -0.15) is 0 Å². The first-order valence-electron chi connectivity index (χ1n) is 6.55. The van der Waals surface area contributed by atoms with Crippen LogP contribution < -0.4 is 10.1 Å². The number of ether oxygens (including phenoxy) is 1. The van der Waals surface area contributed by atoms with Gasteiger partial charge in [-0.3, -0.25) is 4.90 Å². The molecule has 100 valence electrons. The average molecular weight is 249 g/mol. The molecule has 4 nitrogen and oxygen atoms in total. The highest BCUT2D eigenvalue weighted by molar-refractivity contribution is 5.17. The monoisotopic (exact) mass is 249 g/mol. The molecule has 4 heteroatoms. The molecule has 2 rings (SSSR count). The Morgan fingerprint density at radius 3 is 2.94 bits per heavy atom. The van der Waals surface area contributed by atoms with E-state index in [1.165, 1.54) is 12.0 Å². The summed E-state index contributed by atoms with van der Waals surface area (Å²) in [5, 5.41) is 3.58. The van der Waals surface area contributed by atoms with E-state index < -0.39 is 0 Å². The van der Waals surface area contributed by atoms with E-state index in [-0.39, 0.29) is 5.54 Å². The van der Waals surface area contributed by atoms with Crippen LogP contribution in [0.2, 0.25) is 0 Å². The van der Waals surface area contributed by atoms with Gasteiger partial charge in [0.2, 0.25) is 5.88 Å². The third-order valence-electron chi connectivity index (χ3n) is 3.29. The number of aromatic nitrogens is 1. The summed E-state index contributed by atoms with van der Waals surface area (Å²) in [7, 11) is 1.64. The molecule has 1 aromatic rings. The van der Waals surface area contributed by atoms with Gasteiger partial charge in [0.1, 0.15) is 0 Å². The van der Waals surface area contributed by atoms with E-state index in [1.54, 1.807) is 7.11 Å². The summed E-state index contributed by atoms with van der Waals surface area (Å²) in [6, 6.07) is 4.02. The lowest BCUT2D eigenvalue weighted by Crippen LogP contribution is -2.46. The highest BCUT2D eigenvalue weighted by Crippen LogP contribution is 2.14. The smallest absolute Gasteiger partial charge is 0.212 e. The topological polar surface area (TPSA) is 37.4 Å². The molecular formula is C14H23N3O. The fraction of sp³-hybridized carbons (Fsp3) is 0.643. The molecule has 1 aromatic heterocycles. The molecule has 1 aliphatic heterocycles. The quantitative estimate of drug-likeness (QED) is 0.884. The number of nitrogens with one attached hydrogen (secondary N) is 1. The summed E-state index contributed by atoms with van der Waals surface area (Å²) in [5.74, 6) is 0.677. The number of methoxy groups -OCH3 is 1. The van der Waals surface area contributed by atoms with Crippen LogP contribution in [0.5, 0.6) is 5.88 Å². The maximum atomic E-state index is 5.08. The Hall–Kier alpha value is -1.13. The summed E-state index contributed by atoms with van der Waals surface area (Å²) in [5.41, 5.74) is 1.43. The number of nitrogens with zero attached hydrogens (tertiary/aromatic N) is 2. The zero-order valence-electron chi connectivity index (χ0n) is 11.6. The van der Waals surface area contributed by atoms with E-state index in [9.17, 15) is 0 Å². The lowest BCUT2D eigenvalue weighted by molar-refractivity contribution is 0.223. The van der Waals surface area contributed by atoms with Crippen molar-refractivity contribution in [3.05, 3.63) is 23.9 Å². The summed E-state index contributed by atoms with van der Waals surface area (Å²) in [4.78, 5) is 6.75. The summed E-state index contributed by atoms with van der Waals surface area (Å²) in [6.07, 6.45) is 3.11.